The van der Waals surface area contributed by atoms with Gasteiger partial charge in [-0.2, -0.15) is 0 Å². The van der Waals surface area contributed by atoms with Crippen molar-refractivity contribution in [1.29, 1.82) is 0 Å². The van der Waals surface area contributed by atoms with Gasteiger partial charge in [-0.25, -0.2) is 0 Å². The van der Waals surface area contributed by atoms with Crippen molar-refractivity contribution in [2.45, 2.75) is 95.2 Å². The van der Waals surface area contributed by atoms with Gasteiger partial charge in [-0.15, -0.1) is 13.2 Å². The molecule has 45 heavy (non-hydrogen) atoms. The summed E-state index contributed by atoms with van der Waals surface area (Å²) in [5.74, 6) is -3.19. The summed E-state index contributed by atoms with van der Waals surface area (Å²) in [7, 11) is 1.69. The Morgan fingerprint density at radius 1 is 1.20 bits per heavy atom. The van der Waals surface area contributed by atoms with Crippen LogP contribution in [-0.4, -0.2) is 100 Å². The van der Waals surface area contributed by atoms with Gasteiger partial charge in [0, 0.05) is 26.6 Å². The van der Waals surface area contributed by atoms with E-state index < -0.39 is 53.7 Å². The number of carbonyl (C=O) groups is 4. The summed E-state index contributed by atoms with van der Waals surface area (Å²) >= 11 is 0. The monoisotopic (exact) mass is 623 g/mol. The third-order valence-corrected chi connectivity index (χ3v) is 9.80. The number of likely N-dealkylation sites (tertiary alicyclic amines) is 1. The average molecular weight is 624 g/mol. The van der Waals surface area contributed by atoms with Crippen LogP contribution in [0, 0.1) is 11.8 Å². The molecule has 0 aromatic heterocycles. The van der Waals surface area contributed by atoms with Crippen LogP contribution in [0.5, 0.6) is 0 Å². The van der Waals surface area contributed by atoms with E-state index in [0.717, 1.165) is 18.4 Å². The molecule has 1 aromatic rings. The number of unbranched alkanes of at least 4 members (excludes halogenated alkanes) is 1. The van der Waals surface area contributed by atoms with Crippen LogP contribution >= 0.6 is 0 Å². The predicted octanol–water partition coefficient (Wildman–Crippen LogP) is 3.65. The molecule has 0 aliphatic carbocycles. The van der Waals surface area contributed by atoms with E-state index in [9.17, 15) is 24.3 Å². The van der Waals surface area contributed by atoms with Gasteiger partial charge < -0.3 is 29.3 Å². The SMILES string of the molecule is C=CCCC(=O)N(C)[C@H](C)[C@H](OC(=O)[C@@H]1[C@H]2C(=O)N([C@H](C)CO)[C@H](C(=O)N(CC=C)CCCC)[C@]23CC[C@H]1O3)c1ccccc1. The number of hydrogen-bond donors (Lipinski definition) is 1. The van der Waals surface area contributed by atoms with Crippen molar-refractivity contribution in [1.82, 2.24) is 14.7 Å². The van der Waals surface area contributed by atoms with Crippen LogP contribution in [0.15, 0.2) is 55.6 Å². The summed E-state index contributed by atoms with van der Waals surface area (Å²) in [5, 5.41) is 10.2. The maximum atomic E-state index is 14.3. The van der Waals surface area contributed by atoms with E-state index in [1.807, 2.05) is 44.2 Å². The lowest BCUT2D eigenvalue weighted by molar-refractivity contribution is -0.165. The van der Waals surface area contributed by atoms with Crippen molar-refractivity contribution in [2.75, 3.05) is 26.7 Å². The molecule has 3 fully saturated rings. The Labute approximate surface area is 267 Å². The lowest BCUT2D eigenvalue weighted by atomic mass is 9.70. The number of esters is 1. The van der Waals surface area contributed by atoms with E-state index in [1.165, 1.54) is 4.90 Å². The second kappa shape index (κ2) is 14.7. The molecule has 1 aromatic carbocycles. The quantitative estimate of drug-likeness (QED) is 0.221. The molecule has 0 saturated carbocycles. The summed E-state index contributed by atoms with van der Waals surface area (Å²) in [4.78, 5) is 60.4. The fourth-order valence-corrected chi connectivity index (χ4v) is 7.29. The van der Waals surface area contributed by atoms with Gasteiger partial charge in [-0.1, -0.05) is 55.8 Å². The second-order valence-electron chi connectivity index (χ2n) is 12.6. The van der Waals surface area contributed by atoms with Gasteiger partial charge in [-0.3, -0.25) is 19.2 Å². The van der Waals surface area contributed by atoms with E-state index in [0.29, 0.717) is 32.4 Å². The highest BCUT2D eigenvalue weighted by atomic mass is 16.6. The minimum absolute atomic E-state index is 0.102. The number of benzene rings is 1. The normalized spacial score (nSPS) is 27.0. The van der Waals surface area contributed by atoms with E-state index in [4.69, 9.17) is 9.47 Å². The van der Waals surface area contributed by atoms with E-state index in [2.05, 4.69) is 13.2 Å². The molecule has 1 spiro atoms. The summed E-state index contributed by atoms with van der Waals surface area (Å²) in [5.41, 5.74) is -0.485. The lowest BCUT2D eigenvalue weighted by Gasteiger charge is -2.38. The minimum atomic E-state index is -1.21. The number of aliphatic hydroxyl groups is 1. The molecule has 0 unspecified atom stereocenters. The molecule has 1 N–H and O–H groups in total. The number of amides is 3. The van der Waals surface area contributed by atoms with Gasteiger partial charge in [0.25, 0.3) is 0 Å². The van der Waals surface area contributed by atoms with E-state index in [-0.39, 0.29) is 30.7 Å². The Hall–Kier alpha value is -3.50. The van der Waals surface area contributed by atoms with Crippen molar-refractivity contribution in [3.8, 4) is 0 Å². The zero-order valence-electron chi connectivity index (χ0n) is 27.1. The van der Waals surface area contributed by atoms with E-state index >= 15 is 0 Å². The van der Waals surface area contributed by atoms with Gasteiger partial charge in [0.15, 0.2) is 0 Å². The van der Waals surface area contributed by atoms with Gasteiger partial charge in [0.2, 0.25) is 17.7 Å². The molecule has 10 heteroatoms. The first-order valence-corrected chi connectivity index (χ1v) is 16.2. The molecule has 8 atom stereocenters. The van der Waals surface area contributed by atoms with Gasteiger partial charge in [-0.05, 0) is 45.1 Å². The number of ether oxygens (including phenoxy) is 2. The molecule has 0 radical (unpaired) electrons. The number of carbonyl (C=O) groups excluding carboxylic acids is 4. The summed E-state index contributed by atoms with van der Waals surface area (Å²) in [6, 6.07) is 7.10. The maximum absolute atomic E-state index is 14.3. The number of allylic oxidation sites excluding steroid dienone is 1. The van der Waals surface area contributed by atoms with Crippen molar-refractivity contribution >= 4 is 23.7 Å². The molecular formula is C35H49N3O7. The average Bonchev–Trinajstić information content (AvgIpc) is 3.70. The Morgan fingerprint density at radius 2 is 1.91 bits per heavy atom. The van der Waals surface area contributed by atoms with Gasteiger partial charge in [0.05, 0.1) is 36.6 Å². The second-order valence-corrected chi connectivity index (χ2v) is 12.6. The van der Waals surface area contributed by atoms with Crippen LogP contribution < -0.4 is 0 Å². The summed E-state index contributed by atoms with van der Waals surface area (Å²) in [6.45, 7) is 13.6. The largest absolute Gasteiger partial charge is 0.455 e. The molecule has 3 saturated heterocycles. The number of hydrogen-bond acceptors (Lipinski definition) is 7. The highest BCUT2D eigenvalue weighted by molar-refractivity contribution is 5.98. The molecule has 2 bridgehead atoms. The molecule has 3 aliphatic heterocycles. The first kappa shape index (κ1) is 34.4. The van der Waals surface area contributed by atoms with E-state index in [1.54, 1.807) is 35.9 Å². The molecule has 4 rings (SSSR count). The first-order valence-electron chi connectivity index (χ1n) is 16.2. The Balaban J connectivity index is 1.67. The molecule has 3 amide bonds. The molecule has 10 nitrogen and oxygen atoms in total. The highest BCUT2D eigenvalue weighted by Crippen LogP contribution is 2.59. The van der Waals surface area contributed by atoms with Crippen LogP contribution in [0.3, 0.4) is 0 Å². The molecule has 246 valence electrons. The van der Waals surface area contributed by atoms with Crippen LogP contribution in [0.4, 0.5) is 0 Å². The third-order valence-electron chi connectivity index (χ3n) is 9.80. The minimum Gasteiger partial charge on any atom is -0.455 e. The Bertz CT molecular complexity index is 1250. The third kappa shape index (κ3) is 6.45. The topological polar surface area (TPSA) is 117 Å². The van der Waals surface area contributed by atoms with Crippen molar-refractivity contribution in [3.63, 3.8) is 0 Å². The number of rotatable bonds is 16. The van der Waals surface area contributed by atoms with Crippen molar-refractivity contribution < 1.29 is 33.8 Å². The highest BCUT2D eigenvalue weighted by Gasteiger charge is 2.75. The van der Waals surface area contributed by atoms with Crippen LogP contribution in [0.2, 0.25) is 0 Å². The van der Waals surface area contributed by atoms with Crippen molar-refractivity contribution in [3.05, 3.63) is 61.2 Å². The standard InChI is InChI=1S/C35H49N3O7/c1-7-10-17-27(40)36(6)24(5)30(25-15-13-12-14-16-25)44-34(43)28-26-18-19-35(45-26)29(28)32(41)38(23(4)22-39)31(35)33(42)37(20-9-3)21-11-8-2/h7,9,12-16,23-24,26,28-31,39H,1,3,8,10-11,17-22H2,2,4-6H3/t23-,24-,26-,28+,29+,30+,31-,35+/m1/s1. The zero-order chi connectivity index (χ0) is 32.9. The molecular weight excluding hydrogens is 574 g/mol. The smallest absolute Gasteiger partial charge is 0.313 e. The first-order chi connectivity index (χ1) is 21.6. The number of nitrogens with zero attached hydrogens (tertiary/aromatic N) is 3. The predicted molar refractivity (Wildman–Crippen MR) is 170 cm³/mol. The van der Waals surface area contributed by atoms with Gasteiger partial charge >= 0.3 is 5.97 Å². The lowest BCUT2D eigenvalue weighted by Crippen LogP contribution is -2.58. The summed E-state index contributed by atoms with van der Waals surface area (Å²) in [6.07, 6.45) is 5.39. The fourth-order valence-electron chi connectivity index (χ4n) is 7.29. The van der Waals surface area contributed by atoms with Crippen LogP contribution in [0.1, 0.15) is 71.0 Å². The maximum Gasteiger partial charge on any atom is 0.313 e. The summed E-state index contributed by atoms with van der Waals surface area (Å²) < 4.78 is 12.8. The number of fused-ring (bicyclic) bond motifs is 1. The Kier molecular flexibility index (Phi) is 11.3. The number of likely N-dealkylation sites (N-methyl/N-ethyl adjacent to an activating group) is 1. The Morgan fingerprint density at radius 3 is 2.53 bits per heavy atom. The zero-order valence-corrected chi connectivity index (χ0v) is 27.1. The molecule has 3 aliphatic rings. The van der Waals surface area contributed by atoms with Crippen LogP contribution in [-0.2, 0) is 28.7 Å². The van der Waals surface area contributed by atoms with Gasteiger partial charge in [0.1, 0.15) is 17.7 Å². The fraction of sp³-hybridized carbons (Fsp3) is 0.600. The van der Waals surface area contributed by atoms with Crippen molar-refractivity contribution in [2.24, 2.45) is 11.8 Å². The number of aliphatic hydroxyl groups excluding tert-OH is 1. The molecule has 3 heterocycles. The van der Waals surface area contributed by atoms with Crippen LogP contribution in [0.25, 0.3) is 0 Å².